The van der Waals surface area contributed by atoms with Crippen LogP contribution in [0.1, 0.15) is 23.8 Å². The van der Waals surface area contributed by atoms with Crippen molar-refractivity contribution in [2.24, 2.45) is 0 Å². The maximum absolute atomic E-state index is 12.6. The Labute approximate surface area is 180 Å². The molecule has 3 aromatic heterocycles. The first-order chi connectivity index (χ1) is 14.3. The number of hydrogen-bond acceptors (Lipinski definition) is 7. The lowest BCUT2D eigenvalue weighted by atomic mass is 9.97. The van der Waals surface area contributed by atoms with Crippen LogP contribution in [0.25, 0.3) is 20.9 Å². The van der Waals surface area contributed by atoms with Gasteiger partial charge in [-0.2, -0.15) is 0 Å². The number of likely N-dealkylation sites (tertiary alicyclic amines) is 1. The SMILES string of the molecule is O=C(CSc1n[nH]c(-c2cccs2)n1)N1CCC(c2nc3ccccc3s2)CC1. The fraction of sp³-hybridized carbons (Fsp3) is 0.300. The summed E-state index contributed by atoms with van der Waals surface area (Å²) < 4.78 is 1.24. The second-order valence-electron chi connectivity index (χ2n) is 6.91. The molecule has 4 heterocycles. The van der Waals surface area contributed by atoms with Gasteiger partial charge in [-0.15, -0.1) is 27.8 Å². The second-order valence-corrected chi connectivity index (χ2v) is 9.86. The van der Waals surface area contributed by atoms with E-state index in [0.717, 1.165) is 42.1 Å². The summed E-state index contributed by atoms with van der Waals surface area (Å²) >= 11 is 4.79. The average molecular weight is 442 g/mol. The molecule has 1 aliphatic heterocycles. The normalized spacial score (nSPS) is 15.2. The summed E-state index contributed by atoms with van der Waals surface area (Å²) in [7, 11) is 0. The predicted molar refractivity (Wildman–Crippen MR) is 119 cm³/mol. The van der Waals surface area contributed by atoms with Gasteiger partial charge in [0.2, 0.25) is 11.1 Å². The highest BCUT2D eigenvalue weighted by atomic mass is 32.2. The van der Waals surface area contributed by atoms with Gasteiger partial charge in [0.15, 0.2) is 5.82 Å². The lowest BCUT2D eigenvalue weighted by molar-refractivity contribution is -0.129. The molecule has 0 atom stereocenters. The van der Waals surface area contributed by atoms with Crippen molar-refractivity contribution >= 4 is 50.6 Å². The van der Waals surface area contributed by atoms with Crippen LogP contribution in [-0.2, 0) is 4.79 Å². The summed E-state index contributed by atoms with van der Waals surface area (Å²) in [5, 5.41) is 11.0. The zero-order valence-electron chi connectivity index (χ0n) is 15.6. The van der Waals surface area contributed by atoms with E-state index < -0.39 is 0 Å². The molecule has 1 aliphatic rings. The molecular formula is C20H19N5OS3. The number of nitrogens with zero attached hydrogens (tertiary/aromatic N) is 4. The van der Waals surface area contributed by atoms with E-state index in [1.165, 1.54) is 21.5 Å². The van der Waals surface area contributed by atoms with E-state index in [2.05, 4.69) is 33.4 Å². The number of carbonyl (C=O) groups excluding carboxylic acids is 1. The molecule has 1 saturated heterocycles. The Morgan fingerprint density at radius 3 is 2.83 bits per heavy atom. The molecule has 1 aromatic carbocycles. The molecule has 1 N–H and O–H groups in total. The molecule has 0 saturated carbocycles. The summed E-state index contributed by atoms with van der Waals surface area (Å²) in [6.45, 7) is 1.57. The summed E-state index contributed by atoms with van der Waals surface area (Å²) in [4.78, 5) is 24.9. The van der Waals surface area contributed by atoms with Crippen LogP contribution in [0.4, 0.5) is 0 Å². The number of rotatable bonds is 5. The summed E-state index contributed by atoms with van der Waals surface area (Å²) in [5.41, 5.74) is 1.08. The molecule has 0 aliphatic carbocycles. The van der Waals surface area contributed by atoms with Gasteiger partial charge < -0.3 is 4.90 Å². The molecule has 29 heavy (non-hydrogen) atoms. The smallest absolute Gasteiger partial charge is 0.233 e. The third kappa shape index (κ3) is 4.08. The first-order valence-electron chi connectivity index (χ1n) is 9.48. The highest BCUT2D eigenvalue weighted by molar-refractivity contribution is 7.99. The van der Waals surface area contributed by atoms with Crippen molar-refractivity contribution in [2.45, 2.75) is 23.9 Å². The van der Waals surface area contributed by atoms with E-state index in [-0.39, 0.29) is 5.91 Å². The van der Waals surface area contributed by atoms with E-state index >= 15 is 0 Å². The predicted octanol–water partition coefficient (Wildman–Crippen LogP) is 4.64. The van der Waals surface area contributed by atoms with Gasteiger partial charge in [0.25, 0.3) is 0 Å². The van der Waals surface area contributed by atoms with Crippen LogP contribution in [0, 0.1) is 0 Å². The number of thioether (sulfide) groups is 1. The third-order valence-corrected chi connectivity index (χ3v) is 7.96. The first kappa shape index (κ1) is 18.8. The van der Waals surface area contributed by atoms with Gasteiger partial charge in [-0.3, -0.25) is 9.89 Å². The number of benzene rings is 1. The number of thiazole rings is 1. The first-order valence-corrected chi connectivity index (χ1v) is 12.2. The topological polar surface area (TPSA) is 74.8 Å². The Morgan fingerprint density at radius 1 is 1.17 bits per heavy atom. The Bertz CT molecular complexity index is 1080. The number of fused-ring (bicyclic) bond motifs is 1. The van der Waals surface area contributed by atoms with Gasteiger partial charge in [0.1, 0.15) is 0 Å². The number of hydrogen-bond donors (Lipinski definition) is 1. The van der Waals surface area contributed by atoms with Gasteiger partial charge in [0, 0.05) is 19.0 Å². The standard InChI is InChI=1S/C20H19N5OS3/c26-17(12-28-20-22-18(23-24-20)16-6-3-11-27-16)25-9-7-13(8-10-25)19-21-14-4-1-2-5-15(14)29-19/h1-6,11,13H,7-10,12H2,(H,22,23,24). The zero-order valence-corrected chi connectivity index (χ0v) is 18.0. The molecule has 9 heteroatoms. The van der Waals surface area contributed by atoms with Crippen molar-refractivity contribution in [1.29, 1.82) is 0 Å². The highest BCUT2D eigenvalue weighted by Crippen LogP contribution is 2.34. The lowest BCUT2D eigenvalue weighted by Gasteiger charge is -2.31. The van der Waals surface area contributed by atoms with Crippen molar-refractivity contribution in [3.8, 4) is 10.7 Å². The van der Waals surface area contributed by atoms with Gasteiger partial charge in [0.05, 0.1) is 25.9 Å². The number of amides is 1. The average Bonchev–Trinajstić information content (AvgIpc) is 3.52. The Kier molecular flexibility index (Phi) is 5.34. The van der Waals surface area contributed by atoms with E-state index in [4.69, 9.17) is 4.98 Å². The number of H-pyrrole nitrogens is 1. The number of thiophene rings is 1. The molecular weight excluding hydrogens is 422 g/mol. The van der Waals surface area contributed by atoms with Crippen molar-refractivity contribution in [1.82, 2.24) is 25.1 Å². The monoisotopic (exact) mass is 441 g/mol. The zero-order chi connectivity index (χ0) is 19.6. The van der Waals surface area contributed by atoms with E-state index in [0.29, 0.717) is 16.8 Å². The minimum atomic E-state index is 0.153. The van der Waals surface area contributed by atoms with E-state index in [9.17, 15) is 4.79 Å². The molecule has 1 amide bonds. The molecule has 5 rings (SSSR count). The third-order valence-electron chi connectivity index (χ3n) is 5.05. The van der Waals surface area contributed by atoms with Crippen molar-refractivity contribution in [2.75, 3.05) is 18.8 Å². The summed E-state index contributed by atoms with van der Waals surface area (Å²) in [6.07, 6.45) is 1.94. The van der Waals surface area contributed by atoms with E-state index in [1.54, 1.807) is 22.7 Å². The molecule has 4 aromatic rings. The van der Waals surface area contributed by atoms with Crippen LogP contribution in [0.15, 0.2) is 46.9 Å². The number of piperidine rings is 1. The Balaban J connectivity index is 1.14. The second kappa shape index (κ2) is 8.25. The molecule has 1 fully saturated rings. The van der Waals surface area contributed by atoms with Crippen molar-refractivity contribution < 1.29 is 4.79 Å². The fourth-order valence-corrected chi connectivity index (χ4v) is 5.99. The minimum absolute atomic E-state index is 0.153. The molecule has 0 spiro atoms. The molecule has 0 unspecified atom stereocenters. The van der Waals surface area contributed by atoms with Gasteiger partial charge in [-0.25, -0.2) is 9.97 Å². The number of carbonyl (C=O) groups is 1. The van der Waals surface area contributed by atoms with Crippen LogP contribution in [-0.4, -0.2) is 49.8 Å². The number of aromatic nitrogens is 4. The van der Waals surface area contributed by atoms with Gasteiger partial charge in [-0.1, -0.05) is 30.0 Å². The van der Waals surface area contributed by atoms with Crippen molar-refractivity contribution in [3.05, 3.63) is 46.8 Å². The summed E-state index contributed by atoms with van der Waals surface area (Å²) in [5.74, 6) is 1.73. The molecule has 148 valence electrons. The van der Waals surface area contributed by atoms with Crippen LogP contribution in [0.5, 0.6) is 0 Å². The Morgan fingerprint density at radius 2 is 2.03 bits per heavy atom. The minimum Gasteiger partial charge on any atom is -0.342 e. The van der Waals surface area contributed by atoms with Gasteiger partial charge >= 0.3 is 0 Å². The number of aromatic amines is 1. The summed E-state index contributed by atoms with van der Waals surface area (Å²) in [6, 6.07) is 12.3. The van der Waals surface area contributed by atoms with Crippen LogP contribution < -0.4 is 0 Å². The Hall–Kier alpha value is -2.23. The highest BCUT2D eigenvalue weighted by Gasteiger charge is 2.26. The van der Waals surface area contributed by atoms with Crippen LogP contribution in [0.2, 0.25) is 0 Å². The van der Waals surface area contributed by atoms with Crippen LogP contribution in [0.3, 0.4) is 0 Å². The fourth-order valence-electron chi connectivity index (χ4n) is 3.49. The largest absolute Gasteiger partial charge is 0.342 e. The molecule has 0 bridgehead atoms. The molecule has 0 radical (unpaired) electrons. The maximum Gasteiger partial charge on any atom is 0.233 e. The van der Waals surface area contributed by atoms with E-state index in [1.807, 2.05) is 28.5 Å². The number of para-hydroxylation sites is 1. The van der Waals surface area contributed by atoms with Gasteiger partial charge in [-0.05, 0) is 36.4 Å². The number of nitrogens with one attached hydrogen (secondary N) is 1. The van der Waals surface area contributed by atoms with Crippen LogP contribution >= 0.6 is 34.4 Å². The molecule has 6 nitrogen and oxygen atoms in total. The maximum atomic E-state index is 12.6. The quantitative estimate of drug-likeness (QED) is 0.457. The lowest BCUT2D eigenvalue weighted by Crippen LogP contribution is -2.38. The van der Waals surface area contributed by atoms with Crippen molar-refractivity contribution in [3.63, 3.8) is 0 Å².